The number of amides is 1. The maximum Gasteiger partial charge on any atom is 0.256 e. The third-order valence-corrected chi connectivity index (χ3v) is 3.03. The average molecular weight is 236 g/mol. The number of anilines is 1. The minimum Gasteiger partial charge on any atom is -0.508 e. The molecule has 1 aliphatic heterocycles. The number of rotatable bonds is 2. The summed E-state index contributed by atoms with van der Waals surface area (Å²) in [6.45, 7) is 1.23. The lowest BCUT2D eigenvalue weighted by Crippen LogP contribution is -2.30. The number of nitrogens with two attached hydrogens (primary N) is 1. The Labute approximate surface area is 99.8 Å². The molecule has 0 aliphatic carbocycles. The van der Waals surface area contributed by atoms with Gasteiger partial charge in [-0.1, -0.05) is 0 Å². The van der Waals surface area contributed by atoms with Crippen molar-refractivity contribution in [2.24, 2.45) is 0 Å². The lowest BCUT2D eigenvalue weighted by Gasteiger charge is -2.17. The van der Waals surface area contributed by atoms with Crippen LogP contribution in [0.4, 0.5) is 5.69 Å². The minimum atomic E-state index is -0.155. The predicted molar refractivity (Wildman–Crippen MR) is 63.8 cm³/mol. The largest absolute Gasteiger partial charge is 0.508 e. The van der Waals surface area contributed by atoms with Gasteiger partial charge in [0.15, 0.2) is 0 Å². The lowest BCUT2D eigenvalue weighted by atomic mass is 10.1. The summed E-state index contributed by atoms with van der Waals surface area (Å²) in [6, 6.07) is 4.40. The van der Waals surface area contributed by atoms with Crippen molar-refractivity contribution in [1.29, 1.82) is 0 Å². The van der Waals surface area contributed by atoms with Gasteiger partial charge in [-0.2, -0.15) is 0 Å². The Morgan fingerprint density at radius 2 is 2.35 bits per heavy atom. The molecule has 1 unspecified atom stereocenters. The van der Waals surface area contributed by atoms with E-state index in [1.807, 2.05) is 0 Å². The van der Waals surface area contributed by atoms with Gasteiger partial charge in [-0.25, -0.2) is 0 Å². The van der Waals surface area contributed by atoms with Crippen molar-refractivity contribution in [1.82, 2.24) is 4.90 Å². The van der Waals surface area contributed by atoms with Crippen LogP contribution in [-0.2, 0) is 4.74 Å². The number of carbonyl (C=O) groups excluding carboxylic acids is 1. The summed E-state index contributed by atoms with van der Waals surface area (Å²) in [5, 5.41) is 9.38. The summed E-state index contributed by atoms with van der Waals surface area (Å²) in [5.74, 6) is -0.108. The molecule has 1 fully saturated rings. The highest BCUT2D eigenvalue weighted by Gasteiger charge is 2.27. The molecular weight excluding hydrogens is 220 g/mol. The van der Waals surface area contributed by atoms with Crippen molar-refractivity contribution in [2.45, 2.75) is 12.5 Å². The topological polar surface area (TPSA) is 75.8 Å². The average Bonchev–Trinajstić information content (AvgIpc) is 2.80. The van der Waals surface area contributed by atoms with E-state index in [2.05, 4.69) is 0 Å². The predicted octanol–water partition coefficient (Wildman–Crippen LogP) is 0.835. The first-order valence-corrected chi connectivity index (χ1v) is 5.52. The summed E-state index contributed by atoms with van der Waals surface area (Å²) in [7, 11) is 1.64. The number of phenols is 1. The maximum absolute atomic E-state index is 12.2. The fourth-order valence-corrected chi connectivity index (χ4v) is 2.00. The summed E-state index contributed by atoms with van der Waals surface area (Å²) in [4.78, 5) is 13.9. The first kappa shape index (κ1) is 11.7. The Kier molecular flexibility index (Phi) is 3.19. The Morgan fingerprint density at radius 1 is 1.59 bits per heavy atom. The van der Waals surface area contributed by atoms with Gasteiger partial charge in [-0.05, 0) is 24.6 Å². The lowest BCUT2D eigenvalue weighted by molar-refractivity contribution is 0.0725. The van der Waals surface area contributed by atoms with Crippen LogP contribution >= 0.6 is 0 Å². The van der Waals surface area contributed by atoms with Gasteiger partial charge < -0.3 is 20.5 Å². The third-order valence-electron chi connectivity index (χ3n) is 3.03. The summed E-state index contributed by atoms with van der Waals surface area (Å²) < 4.78 is 5.21. The highest BCUT2D eigenvalue weighted by Crippen LogP contribution is 2.22. The highest BCUT2D eigenvalue weighted by atomic mass is 16.5. The van der Waals surface area contributed by atoms with Crippen LogP contribution < -0.4 is 5.73 Å². The van der Waals surface area contributed by atoms with Crippen molar-refractivity contribution >= 4 is 11.6 Å². The first-order valence-electron chi connectivity index (χ1n) is 5.52. The van der Waals surface area contributed by atoms with Crippen molar-refractivity contribution in [3.63, 3.8) is 0 Å². The number of nitrogen functional groups attached to an aromatic ring is 1. The second-order valence-corrected chi connectivity index (χ2v) is 4.17. The zero-order valence-corrected chi connectivity index (χ0v) is 9.72. The van der Waals surface area contributed by atoms with Crippen molar-refractivity contribution in [2.75, 3.05) is 25.9 Å². The van der Waals surface area contributed by atoms with Crippen molar-refractivity contribution in [3.05, 3.63) is 23.8 Å². The number of hydrogen-bond acceptors (Lipinski definition) is 4. The Hall–Kier alpha value is -1.75. The molecule has 0 bridgehead atoms. The fraction of sp³-hybridized carbons (Fsp3) is 0.417. The van der Waals surface area contributed by atoms with Gasteiger partial charge in [-0.15, -0.1) is 0 Å². The molecule has 1 aliphatic rings. The molecule has 1 heterocycles. The SMILES string of the molecule is COC1CCN(C(=O)c2cc(O)ccc2N)C1. The Bertz CT molecular complexity index is 434. The molecule has 1 saturated heterocycles. The van der Waals surface area contributed by atoms with E-state index in [4.69, 9.17) is 10.5 Å². The smallest absolute Gasteiger partial charge is 0.256 e. The molecule has 2 rings (SSSR count). The number of phenolic OH excluding ortho intramolecular Hbond substituents is 1. The Morgan fingerprint density at radius 3 is 3.00 bits per heavy atom. The molecule has 17 heavy (non-hydrogen) atoms. The van der Waals surface area contributed by atoms with Gasteiger partial charge in [0.25, 0.3) is 5.91 Å². The number of carbonyl (C=O) groups is 1. The van der Waals surface area contributed by atoms with Crippen LogP contribution in [-0.4, -0.2) is 42.2 Å². The van der Waals surface area contributed by atoms with Crippen LogP contribution in [0.5, 0.6) is 5.75 Å². The van der Waals surface area contributed by atoms with Crippen LogP contribution in [0.1, 0.15) is 16.8 Å². The molecule has 1 aromatic rings. The quantitative estimate of drug-likeness (QED) is 0.589. The van der Waals surface area contributed by atoms with Gasteiger partial charge in [0.2, 0.25) is 0 Å². The van der Waals surface area contributed by atoms with Crippen LogP contribution in [0.2, 0.25) is 0 Å². The monoisotopic (exact) mass is 236 g/mol. The second kappa shape index (κ2) is 4.63. The summed E-state index contributed by atoms with van der Waals surface area (Å²) in [5.41, 5.74) is 6.47. The molecule has 1 atom stereocenters. The normalized spacial score (nSPS) is 19.6. The molecule has 1 aromatic carbocycles. The zero-order valence-electron chi connectivity index (χ0n) is 9.72. The molecule has 92 valence electrons. The molecule has 0 aromatic heterocycles. The van der Waals surface area contributed by atoms with Gasteiger partial charge in [0, 0.05) is 25.9 Å². The van der Waals surface area contributed by atoms with E-state index in [1.54, 1.807) is 12.0 Å². The third kappa shape index (κ3) is 2.34. The number of methoxy groups -OCH3 is 1. The number of benzene rings is 1. The van der Waals surface area contributed by atoms with E-state index < -0.39 is 0 Å². The summed E-state index contributed by atoms with van der Waals surface area (Å²) >= 11 is 0. The van der Waals surface area contributed by atoms with Crippen LogP contribution in [0, 0.1) is 0 Å². The van der Waals surface area contributed by atoms with Crippen molar-refractivity contribution < 1.29 is 14.6 Å². The van der Waals surface area contributed by atoms with E-state index in [0.717, 1.165) is 6.42 Å². The molecule has 1 amide bonds. The number of nitrogens with zero attached hydrogens (tertiary/aromatic N) is 1. The highest BCUT2D eigenvalue weighted by molar-refractivity contribution is 5.99. The number of aromatic hydroxyl groups is 1. The molecule has 0 radical (unpaired) electrons. The van der Waals surface area contributed by atoms with E-state index >= 15 is 0 Å². The zero-order chi connectivity index (χ0) is 12.4. The first-order chi connectivity index (χ1) is 8.11. The van der Waals surface area contributed by atoms with Gasteiger partial charge >= 0.3 is 0 Å². The standard InChI is InChI=1S/C12H16N2O3/c1-17-9-4-5-14(7-9)12(16)10-6-8(15)2-3-11(10)13/h2-3,6,9,15H,4-5,7,13H2,1H3. The van der Waals surface area contributed by atoms with Crippen molar-refractivity contribution in [3.8, 4) is 5.75 Å². The van der Waals surface area contributed by atoms with E-state index in [-0.39, 0.29) is 17.8 Å². The van der Waals surface area contributed by atoms with E-state index in [1.165, 1.54) is 18.2 Å². The maximum atomic E-state index is 12.2. The summed E-state index contributed by atoms with van der Waals surface area (Å²) in [6.07, 6.45) is 0.929. The Balaban J connectivity index is 2.17. The minimum absolute atomic E-state index is 0.0463. The fourth-order valence-electron chi connectivity index (χ4n) is 2.00. The second-order valence-electron chi connectivity index (χ2n) is 4.17. The van der Waals surface area contributed by atoms with E-state index in [9.17, 15) is 9.90 Å². The van der Waals surface area contributed by atoms with Gasteiger partial charge in [-0.3, -0.25) is 4.79 Å². The van der Waals surface area contributed by atoms with Gasteiger partial charge in [0.1, 0.15) is 5.75 Å². The molecular formula is C12H16N2O3. The van der Waals surface area contributed by atoms with Gasteiger partial charge in [0.05, 0.1) is 11.7 Å². The van der Waals surface area contributed by atoms with Crippen LogP contribution in [0.3, 0.4) is 0 Å². The molecule has 0 saturated carbocycles. The number of hydrogen-bond donors (Lipinski definition) is 2. The molecule has 5 heteroatoms. The molecule has 3 N–H and O–H groups in total. The van der Waals surface area contributed by atoms with Crippen LogP contribution in [0.25, 0.3) is 0 Å². The molecule has 5 nitrogen and oxygen atoms in total. The molecule has 0 spiro atoms. The van der Waals surface area contributed by atoms with E-state index in [0.29, 0.717) is 24.3 Å². The number of ether oxygens (including phenoxy) is 1. The van der Waals surface area contributed by atoms with Crippen LogP contribution in [0.15, 0.2) is 18.2 Å². The number of likely N-dealkylation sites (tertiary alicyclic amines) is 1.